The molecule has 0 saturated carbocycles. The molecule has 1 heterocycles. The topological polar surface area (TPSA) is 64.3 Å². The summed E-state index contributed by atoms with van der Waals surface area (Å²) in [7, 11) is 0. The number of benzene rings is 2. The molecule has 0 bridgehead atoms. The molecular weight excluding hydrogens is 308 g/mol. The fourth-order valence-electron chi connectivity index (χ4n) is 2.13. The number of hydrogen-bond donors (Lipinski definition) is 2. The summed E-state index contributed by atoms with van der Waals surface area (Å²) in [6, 6.07) is 19.1. The molecule has 0 aliphatic rings. The van der Waals surface area contributed by atoms with Gasteiger partial charge >= 0.3 is 6.09 Å². The zero-order valence-electron chi connectivity index (χ0n) is 12.4. The van der Waals surface area contributed by atoms with Gasteiger partial charge < -0.3 is 10.5 Å². The lowest BCUT2D eigenvalue weighted by molar-refractivity contribution is 0.155. The van der Waals surface area contributed by atoms with Crippen LogP contribution in [-0.4, -0.2) is 6.09 Å². The van der Waals surface area contributed by atoms with Crippen LogP contribution in [0.5, 0.6) is 0 Å². The molecule has 0 atom stereocenters. The molecule has 0 unspecified atom stereocenters. The zero-order valence-corrected chi connectivity index (χ0v) is 13.2. The van der Waals surface area contributed by atoms with E-state index in [-0.39, 0.29) is 6.61 Å². The van der Waals surface area contributed by atoms with E-state index in [2.05, 4.69) is 5.32 Å². The van der Waals surface area contributed by atoms with Crippen molar-refractivity contribution in [2.24, 2.45) is 0 Å². The van der Waals surface area contributed by atoms with Gasteiger partial charge in [0, 0.05) is 4.88 Å². The number of thiophene rings is 1. The average molecular weight is 324 g/mol. The van der Waals surface area contributed by atoms with Gasteiger partial charge in [-0.25, -0.2) is 4.79 Å². The van der Waals surface area contributed by atoms with Crippen molar-refractivity contribution in [3.8, 4) is 10.4 Å². The third-order valence-corrected chi connectivity index (χ3v) is 4.23. The van der Waals surface area contributed by atoms with Gasteiger partial charge in [0.15, 0.2) is 0 Å². The highest BCUT2D eigenvalue weighted by molar-refractivity contribution is 7.13. The highest BCUT2D eigenvalue weighted by atomic mass is 32.1. The number of ether oxygens (including phenoxy) is 1. The third-order valence-electron chi connectivity index (χ3n) is 3.31. The third kappa shape index (κ3) is 3.90. The van der Waals surface area contributed by atoms with Crippen LogP contribution in [0.4, 0.5) is 16.2 Å². The second-order valence-corrected chi connectivity index (χ2v) is 5.91. The minimum atomic E-state index is -0.524. The number of nitrogen functional groups attached to an aromatic ring is 1. The van der Waals surface area contributed by atoms with Gasteiger partial charge in [-0.2, -0.15) is 0 Å². The normalized spacial score (nSPS) is 10.3. The van der Waals surface area contributed by atoms with Crippen LogP contribution in [0.1, 0.15) is 5.56 Å². The van der Waals surface area contributed by atoms with Crippen molar-refractivity contribution in [3.63, 3.8) is 0 Å². The van der Waals surface area contributed by atoms with Gasteiger partial charge in [0.1, 0.15) is 6.61 Å². The van der Waals surface area contributed by atoms with Gasteiger partial charge in [0.2, 0.25) is 0 Å². The molecule has 23 heavy (non-hydrogen) atoms. The fraction of sp³-hybridized carbons (Fsp3) is 0.0556. The van der Waals surface area contributed by atoms with Gasteiger partial charge in [-0.05, 0) is 34.7 Å². The Hall–Kier alpha value is -2.79. The van der Waals surface area contributed by atoms with Crippen LogP contribution in [0, 0.1) is 0 Å². The lowest BCUT2D eigenvalue weighted by atomic mass is 10.1. The van der Waals surface area contributed by atoms with E-state index in [0.717, 1.165) is 16.0 Å². The van der Waals surface area contributed by atoms with E-state index in [0.29, 0.717) is 11.4 Å². The number of carbonyl (C=O) groups excluding carboxylic acids is 1. The summed E-state index contributed by atoms with van der Waals surface area (Å²) in [6.07, 6.45) is -0.524. The Morgan fingerprint density at radius 2 is 1.91 bits per heavy atom. The molecule has 4 nitrogen and oxygen atoms in total. The van der Waals surface area contributed by atoms with Crippen molar-refractivity contribution in [1.29, 1.82) is 0 Å². The smallest absolute Gasteiger partial charge is 0.412 e. The summed E-state index contributed by atoms with van der Waals surface area (Å²) in [5, 5.41) is 4.71. The molecule has 0 saturated heterocycles. The molecule has 3 rings (SSSR count). The van der Waals surface area contributed by atoms with Crippen LogP contribution in [-0.2, 0) is 11.3 Å². The SMILES string of the molecule is Nc1ccc(-c2cccs2)cc1NC(=O)OCc1ccccc1. The van der Waals surface area contributed by atoms with E-state index in [4.69, 9.17) is 10.5 Å². The number of rotatable bonds is 4. The van der Waals surface area contributed by atoms with Crippen LogP contribution in [0.2, 0.25) is 0 Å². The maximum absolute atomic E-state index is 11.9. The Balaban J connectivity index is 1.67. The number of nitrogens with two attached hydrogens (primary N) is 1. The fourth-order valence-corrected chi connectivity index (χ4v) is 2.85. The van der Waals surface area contributed by atoms with Crippen LogP contribution >= 0.6 is 11.3 Å². The van der Waals surface area contributed by atoms with Gasteiger partial charge in [0.05, 0.1) is 11.4 Å². The monoisotopic (exact) mass is 324 g/mol. The van der Waals surface area contributed by atoms with Crippen molar-refractivity contribution in [3.05, 3.63) is 71.6 Å². The first-order valence-corrected chi connectivity index (χ1v) is 8.01. The molecule has 3 aromatic rings. The van der Waals surface area contributed by atoms with Crippen LogP contribution in [0.15, 0.2) is 66.0 Å². The molecule has 0 fully saturated rings. The molecule has 116 valence electrons. The highest BCUT2D eigenvalue weighted by Gasteiger charge is 2.09. The predicted octanol–water partition coefficient (Wildman–Crippen LogP) is 4.75. The maximum Gasteiger partial charge on any atom is 0.412 e. The lowest BCUT2D eigenvalue weighted by Crippen LogP contribution is -2.14. The Bertz CT molecular complexity index is 786. The van der Waals surface area contributed by atoms with Gasteiger partial charge in [-0.1, -0.05) is 42.5 Å². The Labute approximate surface area is 138 Å². The van der Waals surface area contributed by atoms with Crippen molar-refractivity contribution >= 4 is 28.8 Å². The molecule has 0 spiro atoms. The summed E-state index contributed by atoms with van der Waals surface area (Å²) in [4.78, 5) is 13.1. The number of nitrogens with one attached hydrogen (secondary N) is 1. The van der Waals surface area contributed by atoms with Crippen LogP contribution < -0.4 is 11.1 Å². The Morgan fingerprint density at radius 3 is 2.65 bits per heavy atom. The van der Waals surface area contributed by atoms with Crippen molar-refractivity contribution < 1.29 is 9.53 Å². The van der Waals surface area contributed by atoms with E-state index < -0.39 is 6.09 Å². The molecule has 3 N–H and O–H groups in total. The van der Waals surface area contributed by atoms with Gasteiger partial charge in [-0.3, -0.25) is 5.32 Å². The molecule has 0 radical (unpaired) electrons. The average Bonchev–Trinajstić information content (AvgIpc) is 3.10. The highest BCUT2D eigenvalue weighted by Crippen LogP contribution is 2.30. The van der Waals surface area contributed by atoms with Crippen molar-refractivity contribution in [1.82, 2.24) is 0 Å². The van der Waals surface area contributed by atoms with Crippen molar-refractivity contribution in [2.45, 2.75) is 6.61 Å². The number of carbonyl (C=O) groups is 1. The molecule has 1 amide bonds. The first kappa shape index (κ1) is 15.1. The molecule has 5 heteroatoms. The second kappa shape index (κ2) is 6.98. The molecule has 1 aromatic heterocycles. The minimum Gasteiger partial charge on any atom is -0.444 e. The van der Waals surface area contributed by atoms with Crippen LogP contribution in [0.3, 0.4) is 0 Å². The van der Waals surface area contributed by atoms with E-state index in [1.807, 2.05) is 60.0 Å². The first-order chi connectivity index (χ1) is 11.2. The van der Waals surface area contributed by atoms with E-state index >= 15 is 0 Å². The molecule has 0 aliphatic heterocycles. The van der Waals surface area contributed by atoms with Gasteiger partial charge in [0.25, 0.3) is 0 Å². The van der Waals surface area contributed by atoms with Crippen molar-refractivity contribution in [2.75, 3.05) is 11.1 Å². The largest absolute Gasteiger partial charge is 0.444 e. The summed E-state index contributed by atoms with van der Waals surface area (Å²) in [5.41, 5.74) is 8.92. The number of anilines is 2. The maximum atomic E-state index is 11.9. The second-order valence-electron chi connectivity index (χ2n) is 4.97. The van der Waals surface area contributed by atoms with E-state index in [9.17, 15) is 4.79 Å². The lowest BCUT2D eigenvalue weighted by Gasteiger charge is -2.10. The molecule has 2 aromatic carbocycles. The summed E-state index contributed by atoms with van der Waals surface area (Å²) >= 11 is 1.63. The number of hydrogen-bond acceptors (Lipinski definition) is 4. The molecule has 0 aliphatic carbocycles. The standard InChI is InChI=1S/C18H16N2O2S/c19-15-9-8-14(17-7-4-10-23-17)11-16(15)20-18(21)22-12-13-5-2-1-3-6-13/h1-11H,12,19H2,(H,20,21). The Morgan fingerprint density at radius 1 is 1.09 bits per heavy atom. The van der Waals surface area contributed by atoms with Crippen LogP contribution in [0.25, 0.3) is 10.4 Å². The summed E-state index contributed by atoms with van der Waals surface area (Å²) in [5.74, 6) is 0. The van der Waals surface area contributed by atoms with Gasteiger partial charge in [-0.15, -0.1) is 11.3 Å². The van der Waals surface area contributed by atoms with E-state index in [1.54, 1.807) is 17.4 Å². The zero-order chi connectivity index (χ0) is 16.1. The molecular formula is C18H16N2O2S. The summed E-state index contributed by atoms with van der Waals surface area (Å²) in [6.45, 7) is 0.219. The number of amides is 1. The Kier molecular flexibility index (Phi) is 4.59. The van der Waals surface area contributed by atoms with E-state index in [1.165, 1.54) is 0 Å². The summed E-state index contributed by atoms with van der Waals surface area (Å²) < 4.78 is 5.21. The quantitative estimate of drug-likeness (QED) is 0.681. The first-order valence-electron chi connectivity index (χ1n) is 7.13. The minimum absolute atomic E-state index is 0.219. The predicted molar refractivity (Wildman–Crippen MR) is 94.4 cm³/mol.